The lowest BCUT2D eigenvalue weighted by Crippen LogP contribution is -2.37. The first-order valence-corrected chi connectivity index (χ1v) is 8.51. The van der Waals surface area contributed by atoms with Crippen LogP contribution >= 0.6 is 0 Å². The number of hydrogen-bond donors (Lipinski definition) is 2. The Morgan fingerprint density at radius 3 is 2.35 bits per heavy atom. The van der Waals surface area contributed by atoms with Gasteiger partial charge in [0.1, 0.15) is 0 Å². The molecule has 1 aliphatic heterocycles. The smallest absolute Gasteiger partial charge is 0.0936 e. The van der Waals surface area contributed by atoms with E-state index in [9.17, 15) is 5.11 Å². The zero-order valence-electron chi connectivity index (χ0n) is 13.6. The zero-order valence-corrected chi connectivity index (χ0v) is 13.6. The summed E-state index contributed by atoms with van der Waals surface area (Å²) in [6, 6.07) is 18.3. The van der Waals surface area contributed by atoms with Crippen LogP contribution in [-0.2, 0) is 6.42 Å². The zero-order chi connectivity index (χ0) is 16.1. The molecule has 3 heteroatoms. The predicted octanol–water partition coefficient (Wildman–Crippen LogP) is 3.26. The van der Waals surface area contributed by atoms with Gasteiger partial charge in [0.05, 0.1) is 6.10 Å². The van der Waals surface area contributed by atoms with Crippen LogP contribution in [-0.4, -0.2) is 29.6 Å². The highest BCUT2D eigenvalue weighted by Gasteiger charge is 2.22. The third kappa shape index (κ3) is 4.34. The number of benzene rings is 2. The van der Waals surface area contributed by atoms with Crippen molar-refractivity contribution >= 4 is 5.69 Å². The number of anilines is 1. The summed E-state index contributed by atoms with van der Waals surface area (Å²) in [5.41, 5.74) is 8.92. The molecular formula is C20H26N2O. The van der Waals surface area contributed by atoms with Crippen molar-refractivity contribution in [3.05, 3.63) is 65.7 Å². The molecule has 0 spiro atoms. The van der Waals surface area contributed by atoms with Crippen LogP contribution in [0.2, 0.25) is 0 Å². The van der Waals surface area contributed by atoms with Crippen molar-refractivity contribution in [3.63, 3.8) is 0 Å². The summed E-state index contributed by atoms with van der Waals surface area (Å²) in [4.78, 5) is 2.36. The summed E-state index contributed by atoms with van der Waals surface area (Å²) in [6.07, 6.45) is 3.07. The fourth-order valence-corrected chi connectivity index (χ4v) is 3.48. The highest BCUT2D eigenvalue weighted by molar-refractivity contribution is 5.47. The summed E-state index contributed by atoms with van der Waals surface area (Å²) < 4.78 is 0. The molecule has 0 radical (unpaired) electrons. The Kier molecular flexibility index (Phi) is 5.31. The van der Waals surface area contributed by atoms with E-state index >= 15 is 0 Å². The molecule has 1 saturated heterocycles. The maximum absolute atomic E-state index is 10.4. The number of likely N-dealkylation sites (tertiary alicyclic amines) is 1. The maximum Gasteiger partial charge on any atom is 0.0936 e. The Morgan fingerprint density at radius 1 is 1.00 bits per heavy atom. The molecule has 1 heterocycles. The molecule has 3 rings (SSSR count). The fraction of sp³-hybridized carbons (Fsp3) is 0.400. The van der Waals surface area contributed by atoms with Crippen molar-refractivity contribution < 1.29 is 5.11 Å². The molecule has 0 aromatic heterocycles. The van der Waals surface area contributed by atoms with E-state index in [0.717, 1.165) is 24.6 Å². The molecule has 122 valence electrons. The Balaban J connectivity index is 1.48. The molecule has 1 fully saturated rings. The molecule has 0 aliphatic carbocycles. The van der Waals surface area contributed by atoms with E-state index in [4.69, 9.17) is 5.73 Å². The molecule has 0 unspecified atom stereocenters. The lowest BCUT2D eigenvalue weighted by Gasteiger charge is -2.33. The molecule has 1 aliphatic rings. The van der Waals surface area contributed by atoms with Crippen LogP contribution in [0.25, 0.3) is 0 Å². The van der Waals surface area contributed by atoms with Crippen LogP contribution in [0, 0.1) is 5.92 Å². The van der Waals surface area contributed by atoms with Crippen LogP contribution in [0.1, 0.15) is 30.1 Å². The van der Waals surface area contributed by atoms with Crippen LogP contribution in [0.15, 0.2) is 54.6 Å². The monoisotopic (exact) mass is 310 g/mol. The molecular weight excluding hydrogens is 284 g/mol. The second-order valence-corrected chi connectivity index (χ2v) is 6.58. The summed E-state index contributed by atoms with van der Waals surface area (Å²) in [5, 5.41) is 10.4. The quantitative estimate of drug-likeness (QED) is 0.834. The number of piperidine rings is 1. The van der Waals surface area contributed by atoms with Gasteiger partial charge in [-0.15, -0.1) is 0 Å². The largest absolute Gasteiger partial charge is 0.398 e. The minimum atomic E-state index is -0.498. The van der Waals surface area contributed by atoms with Gasteiger partial charge < -0.3 is 15.7 Å². The van der Waals surface area contributed by atoms with E-state index in [1.165, 1.54) is 24.8 Å². The Bertz CT molecular complexity index is 606. The van der Waals surface area contributed by atoms with Crippen molar-refractivity contribution in [2.75, 3.05) is 25.4 Å². The number of nitrogen functional groups attached to an aromatic ring is 1. The normalized spacial score (nSPS) is 18.0. The summed E-state index contributed by atoms with van der Waals surface area (Å²) >= 11 is 0. The van der Waals surface area contributed by atoms with Gasteiger partial charge in [-0.2, -0.15) is 0 Å². The molecule has 3 N–H and O–H groups in total. The number of para-hydroxylation sites is 1. The van der Waals surface area contributed by atoms with Gasteiger partial charge in [0.25, 0.3) is 0 Å². The molecule has 3 nitrogen and oxygen atoms in total. The first-order valence-electron chi connectivity index (χ1n) is 8.51. The second-order valence-electron chi connectivity index (χ2n) is 6.58. The lowest BCUT2D eigenvalue weighted by atomic mass is 9.90. The number of aliphatic hydroxyl groups excluding tert-OH is 1. The van der Waals surface area contributed by atoms with Gasteiger partial charge in [-0.25, -0.2) is 0 Å². The lowest BCUT2D eigenvalue weighted by molar-refractivity contribution is 0.0897. The van der Waals surface area contributed by atoms with Crippen molar-refractivity contribution in [1.82, 2.24) is 4.90 Å². The molecule has 2 aromatic rings. The van der Waals surface area contributed by atoms with Crippen LogP contribution in [0.4, 0.5) is 5.69 Å². The molecule has 0 bridgehead atoms. The number of aliphatic hydroxyl groups is 1. The van der Waals surface area contributed by atoms with E-state index < -0.39 is 6.10 Å². The van der Waals surface area contributed by atoms with Gasteiger partial charge >= 0.3 is 0 Å². The first kappa shape index (κ1) is 16.0. The SMILES string of the molecule is Nc1ccccc1[C@@H](O)CN1CCC(Cc2ccccc2)CC1. The predicted molar refractivity (Wildman–Crippen MR) is 95.1 cm³/mol. The molecule has 2 aromatic carbocycles. The number of β-amino-alcohol motifs (C(OH)–C–C–N with tert-alkyl or cyclic N) is 1. The second kappa shape index (κ2) is 7.62. The van der Waals surface area contributed by atoms with E-state index in [1.807, 2.05) is 24.3 Å². The van der Waals surface area contributed by atoms with Crippen molar-refractivity contribution in [1.29, 1.82) is 0 Å². The van der Waals surface area contributed by atoms with Gasteiger partial charge in [-0.3, -0.25) is 0 Å². The molecule has 1 atom stereocenters. The van der Waals surface area contributed by atoms with Crippen molar-refractivity contribution in [3.8, 4) is 0 Å². The van der Waals surface area contributed by atoms with Crippen LogP contribution in [0.5, 0.6) is 0 Å². The third-order valence-electron chi connectivity index (χ3n) is 4.86. The average molecular weight is 310 g/mol. The molecule has 0 amide bonds. The average Bonchev–Trinajstić information content (AvgIpc) is 2.58. The van der Waals surface area contributed by atoms with E-state index in [2.05, 4.69) is 35.2 Å². The van der Waals surface area contributed by atoms with Crippen LogP contribution < -0.4 is 5.73 Å². The Labute approximate surface area is 138 Å². The van der Waals surface area contributed by atoms with Gasteiger partial charge in [-0.1, -0.05) is 48.5 Å². The topological polar surface area (TPSA) is 49.5 Å². The minimum Gasteiger partial charge on any atom is -0.398 e. The number of rotatable bonds is 5. The van der Waals surface area contributed by atoms with E-state index in [-0.39, 0.29) is 0 Å². The summed E-state index contributed by atoms with van der Waals surface area (Å²) in [6.45, 7) is 2.79. The number of nitrogens with zero attached hydrogens (tertiary/aromatic N) is 1. The first-order chi connectivity index (χ1) is 11.2. The Morgan fingerprint density at radius 2 is 1.65 bits per heavy atom. The molecule has 23 heavy (non-hydrogen) atoms. The van der Waals surface area contributed by atoms with Gasteiger partial charge in [0.2, 0.25) is 0 Å². The fourth-order valence-electron chi connectivity index (χ4n) is 3.48. The van der Waals surface area contributed by atoms with Crippen molar-refractivity contribution in [2.45, 2.75) is 25.4 Å². The highest BCUT2D eigenvalue weighted by Crippen LogP contribution is 2.25. The van der Waals surface area contributed by atoms with E-state index in [0.29, 0.717) is 12.2 Å². The van der Waals surface area contributed by atoms with Gasteiger partial charge in [-0.05, 0) is 49.9 Å². The maximum atomic E-state index is 10.4. The van der Waals surface area contributed by atoms with E-state index in [1.54, 1.807) is 0 Å². The van der Waals surface area contributed by atoms with Crippen LogP contribution in [0.3, 0.4) is 0 Å². The minimum absolute atomic E-state index is 0.498. The summed E-state index contributed by atoms with van der Waals surface area (Å²) in [5.74, 6) is 0.757. The standard InChI is InChI=1S/C20H26N2O/c21-19-9-5-4-8-18(19)20(23)15-22-12-10-17(11-13-22)14-16-6-2-1-3-7-16/h1-9,17,20,23H,10-15,21H2/t20-/m0/s1. The number of hydrogen-bond acceptors (Lipinski definition) is 3. The molecule has 0 saturated carbocycles. The van der Waals surface area contributed by atoms with Crippen molar-refractivity contribution in [2.24, 2.45) is 5.92 Å². The van der Waals surface area contributed by atoms with Gasteiger partial charge in [0, 0.05) is 17.8 Å². The number of nitrogens with two attached hydrogens (primary N) is 1. The highest BCUT2D eigenvalue weighted by atomic mass is 16.3. The Hall–Kier alpha value is -1.84. The third-order valence-corrected chi connectivity index (χ3v) is 4.86. The van der Waals surface area contributed by atoms with Gasteiger partial charge in [0.15, 0.2) is 0 Å². The summed E-state index contributed by atoms with van der Waals surface area (Å²) in [7, 11) is 0.